The van der Waals surface area contributed by atoms with Gasteiger partial charge in [-0.1, -0.05) is 40.6 Å². The molecule has 2 aromatic rings. The minimum atomic E-state index is -1.36. The predicted molar refractivity (Wildman–Crippen MR) is 95.8 cm³/mol. The summed E-state index contributed by atoms with van der Waals surface area (Å²) in [6.07, 6.45) is 5.88. The van der Waals surface area contributed by atoms with Crippen molar-refractivity contribution in [3.05, 3.63) is 64.7 Å². The monoisotopic (exact) mass is 344 g/mol. The quantitative estimate of drug-likeness (QED) is 0.855. The van der Waals surface area contributed by atoms with E-state index >= 15 is 0 Å². The highest BCUT2D eigenvalue weighted by atomic mass is 32.3. The van der Waals surface area contributed by atoms with Crippen LogP contribution >= 0.6 is 10.3 Å². The van der Waals surface area contributed by atoms with Gasteiger partial charge in [-0.25, -0.2) is 0 Å². The molecule has 0 saturated heterocycles. The van der Waals surface area contributed by atoms with Crippen molar-refractivity contribution in [2.45, 2.75) is 13.0 Å². The van der Waals surface area contributed by atoms with Crippen molar-refractivity contribution in [2.24, 2.45) is 0 Å². The van der Waals surface area contributed by atoms with Gasteiger partial charge in [0, 0.05) is 11.1 Å². The number of hydrogen-bond acceptors (Lipinski definition) is 4. The number of fused-ring (bicyclic) bond motifs is 2. The molecule has 0 bridgehead atoms. The smallest absolute Gasteiger partial charge is 0.320 e. The molecule has 0 N–H and O–H groups in total. The third kappa shape index (κ3) is 3.62. The van der Waals surface area contributed by atoms with E-state index < -0.39 is 10.3 Å². The first kappa shape index (κ1) is 16.6. The van der Waals surface area contributed by atoms with Gasteiger partial charge in [0.2, 0.25) is 0 Å². The van der Waals surface area contributed by atoms with Crippen molar-refractivity contribution in [3.63, 3.8) is 0 Å². The Morgan fingerprint density at radius 2 is 1.88 bits per heavy atom. The topological polar surface area (TPSA) is 52.6 Å². The van der Waals surface area contributed by atoms with E-state index in [-0.39, 0.29) is 18.2 Å². The lowest BCUT2D eigenvalue weighted by atomic mass is 9.97. The first-order chi connectivity index (χ1) is 11.3. The number of ketones is 1. The lowest BCUT2D eigenvalue weighted by Crippen LogP contribution is -2.11. The van der Waals surface area contributed by atoms with E-state index in [0.717, 1.165) is 11.1 Å². The van der Waals surface area contributed by atoms with Crippen LogP contribution in [0.15, 0.2) is 42.5 Å². The fraction of sp³-hybridized carbons (Fsp3) is 0.263. The normalized spacial score (nSPS) is 14.0. The maximum absolute atomic E-state index is 12.8. The zero-order chi connectivity index (χ0) is 17.3. The summed E-state index contributed by atoms with van der Waals surface area (Å²) in [6, 6.07) is 12.7. The van der Waals surface area contributed by atoms with E-state index in [0.29, 0.717) is 23.5 Å². The Kier molecular flexibility index (Phi) is 4.37. The average molecular weight is 344 g/mol. The summed E-state index contributed by atoms with van der Waals surface area (Å²) in [4.78, 5) is 24.8. The molecule has 1 aliphatic rings. The molecule has 0 unspecified atom stereocenters. The van der Waals surface area contributed by atoms with Gasteiger partial charge in [0.15, 0.2) is 5.78 Å². The SMILES string of the molecule is CS(C)(C)OC(=O)Cc1ccc2c(c1)C(=O)c1ccccc1CO2. The van der Waals surface area contributed by atoms with Gasteiger partial charge < -0.3 is 8.92 Å². The second-order valence-electron chi connectivity index (χ2n) is 6.46. The van der Waals surface area contributed by atoms with E-state index in [1.165, 1.54) is 0 Å². The number of benzene rings is 2. The molecule has 0 radical (unpaired) electrons. The lowest BCUT2D eigenvalue weighted by Gasteiger charge is -2.24. The second kappa shape index (κ2) is 6.32. The Labute approximate surface area is 143 Å². The van der Waals surface area contributed by atoms with Gasteiger partial charge in [-0.2, -0.15) is 0 Å². The second-order valence-corrected chi connectivity index (χ2v) is 10.1. The van der Waals surface area contributed by atoms with Crippen LogP contribution < -0.4 is 4.74 Å². The lowest BCUT2D eigenvalue weighted by molar-refractivity contribution is -0.132. The average Bonchev–Trinajstić information content (AvgIpc) is 2.64. The van der Waals surface area contributed by atoms with Crippen LogP contribution in [0.2, 0.25) is 0 Å². The number of hydrogen-bond donors (Lipinski definition) is 0. The van der Waals surface area contributed by atoms with Crippen molar-refractivity contribution in [1.82, 2.24) is 0 Å². The molecule has 4 nitrogen and oxygen atoms in total. The van der Waals surface area contributed by atoms with Gasteiger partial charge >= 0.3 is 5.97 Å². The summed E-state index contributed by atoms with van der Waals surface area (Å²) >= 11 is 0. The highest BCUT2D eigenvalue weighted by Crippen LogP contribution is 2.36. The minimum absolute atomic E-state index is 0.0743. The van der Waals surface area contributed by atoms with Crippen LogP contribution in [0.3, 0.4) is 0 Å². The van der Waals surface area contributed by atoms with Gasteiger partial charge in [0.05, 0.1) is 12.0 Å². The molecule has 3 rings (SSSR count). The van der Waals surface area contributed by atoms with Crippen LogP contribution in [0.1, 0.15) is 27.0 Å². The van der Waals surface area contributed by atoms with E-state index in [4.69, 9.17) is 8.92 Å². The summed E-state index contributed by atoms with van der Waals surface area (Å²) in [5.41, 5.74) is 2.76. The third-order valence-corrected chi connectivity index (χ3v) is 4.31. The Bertz CT molecular complexity index is 805. The molecule has 5 heteroatoms. The molecule has 0 saturated carbocycles. The zero-order valence-electron chi connectivity index (χ0n) is 14.0. The Hall–Kier alpha value is -2.27. The largest absolute Gasteiger partial charge is 0.488 e. The van der Waals surface area contributed by atoms with E-state index in [1.54, 1.807) is 24.3 Å². The highest BCUT2D eigenvalue weighted by molar-refractivity contribution is 8.28. The molecule has 0 spiro atoms. The molecule has 1 aliphatic heterocycles. The minimum Gasteiger partial charge on any atom is -0.488 e. The first-order valence-corrected chi connectivity index (χ1v) is 10.4. The number of carbonyl (C=O) groups excluding carboxylic acids is 2. The number of rotatable bonds is 3. The van der Waals surface area contributed by atoms with Crippen LogP contribution in [0.5, 0.6) is 5.75 Å². The maximum Gasteiger partial charge on any atom is 0.320 e. The zero-order valence-corrected chi connectivity index (χ0v) is 14.8. The van der Waals surface area contributed by atoms with Gasteiger partial charge in [-0.05, 0) is 36.5 Å². The Morgan fingerprint density at radius 1 is 1.12 bits per heavy atom. The van der Waals surface area contributed by atoms with Crippen molar-refractivity contribution < 1.29 is 18.5 Å². The maximum atomic E-state index is 12.8. The molecule has 0 amide bonds. The van der Waals surface area contributed by atoms with E-state index in [1.807, 2.05) is 37.0 Å². The van der Waals surface area contributed by atoms with Crippen LogP contribution in [-0.2, 0) is 22.0 Å². The molecular weight excluding hydrogens is 324 g/mol. The first-order valence-electron chi connectivity index (χ1n) is 7.62. The summed E-state index contributed by atoms with van der Waals surface area (Å²) in [5, 5.41) is 0. The van der Waals surface area contributed by atoms with Gasteiger partial charge in [-0.3, -0.25) is 9.59 Å². The molecule has 24 heavy (non-hydrogen) atoms. The molecule has 2 aromatic carbocycles. The summed E-state index contributed by atoms with van der Waals surface area (Å²) < 4.78 is 11.2. The summed E-state index contributed by atoms with van der Waals surface area (Å²) in [6.45, 7) is 0.365. The fourth-order valence-corrected chi connectivity index (χ4v) is 3.25. The molecule has 1 heterocycles. The molecule has 0 fully saturated rings. The molecular formula is C19H20O4S. The molecule has 0 aliphatic carbocycles. The highest BCUT2D eigenvalue weighted by Gasteiger charge is 2.23. The molecule has 0 atom stereocenters. The number of carbonyl (C=O) groups is 2. The van der Waals surface area contributed by atoms with Crippen LogP contribution in [0, 0.1) is 0 Å². The van der Waals surface area contributed by atoms with Crippen molar-refractivity contribution in [1.29, 1.82) is 0 Å². The Balaban J connectivity index is 1.89. The van der Waals surface area contributed by atoms with Gasteiger partial charge in [0.1, 0.15) is 12.4 Å². The summed E-state index contributed by atoms with van der Waals surface area (Å²) in [5.74, 6) is 0.198. The predicted octanol–water partition coefficient (Wildman–Crippen LogP) is 3.50. The van der Waals surface area contributed by atoms with E-state index in [2.05, 4.69) is 0 Å². The van der Waals surface area contributed by atoms with Crippen LogP contribution in [0.4, 0.5) is 0 Å². The van der Waals surface area contributed by atoms with Crippen molar-refractivity contribution in [3.8, 4) is 5.75 Å². The van der Waals surface area contributed by atoms with E-state index in [9.17, 15) is 9.59 Å². The number of ether oxygens (including phenoxy) is 1. The fourth-order valence-electron chi connectivity index (χ4n) is 2.63. The molecule has 0 aromatic heterocycles. The van der Waals surface area contributed by atoms with Crippen LogP contribution in [-0.4, -0.2) is 30.5 Å². The van der Waals surface area contributed by atoms with Gasteiger partial charge in [-0.15, -0.1) is 0 Å². The summed E-state index contributed by atoms with van der Waals surface area (Å²) in [7, 11) is -1.36. The van der Waals surface area contributed by atoms with Gasteiger partial charge in [0.25, 0.3) is 0 Å². The third-order valence-electron chi connectivity index (χ3n) is 3.63. The Morgan fingerprint density at radius 3 is 2.62 bits per heavy atom. The standard InChI is InChI=1S/C19H20O4S/c1-24(2,3)23-18(20)11-13-8-9-17-16(10-13)19(21)15-7-5-4-6-14(15)12-22-17/h4-10H,11-12H2,1-3H3. The van der Waals surface area contributed by atoms with Crippen molar-refractivity contribution in [2.75, 3.05) is 18.8 Å². The van der Waals surface area contributed by atoms with Crippen LogP contribution in [0.25, 0.3) is 0 Å². The molecule has 126 valence electrons. The van der Waals surface area contributed by atoms with Crippen molar-refractivity contribution >= 4 is 22.1 Å².